The fourth-order valence-electron chi connectivity index (χ4n) is 4.39. The fraction of sp³-hybridized carbons (Fsp3) is 0.458. The van der Waals surface area contributed by atoms with Crippen molar-refractivity contribution in [1.82, 2.24) is 24.3 Å². The lowest BCUT2D eigenvalue weighted by Gasteiger charge is -2.49. The Balaban J connectivity index is 1.54. The number of thioether (sulfide) groups is 1. The second-order valence-corrected chi connectivity index (χ2v) is 12.3. The minimum Gasteiger partial charge on any atom is -0.478 e. The zero-order valence-electron chi connectivity index (χ0n) is 24.3. The first-order chi connectivity index (χ1) is 21.2. The number of nitrogen functional groups attached to an aromatic ring is 2. The second kappa shape index (κ2) is 13.1. The molecule has 19 nitrogen and oxygen atoms in total. The Morgan fingerprint density at radius 2 is 1.98 bits per heavy atom. The van der Waals surface area contributed by atoms with Gasteiger partial charge in [-0.3, -0.25) is 19.8 Å². The number of Topliss-reactive ketones (excluding diaryl/α,β-unsaturated/α-hetero) is 1. The number of nitrogens with zero attached hydrogens (tertiary/aromatic N) is 6. The molecule has 0 radical (unpaired) electrons. The Morgan fingerprint density at radius 3 is 2.58 bits per heavy atom. The van der Waals surface area contributed by atoms with Gasteiger partial charge in [-0.2, -0.15) is 9.36 Å². The normalized spacial score (nSPS) is 18.3. The first-order valence-corrected chi connectivity index (χ1v) is 15.1. The summed E-state index contributed by atoms with van der Waals surface area (Å²) in [5, 5.41) is 27.7. The molecule has 1 unspecified atom stereocenters. The van der Waals surface area contributed by atoms with Crippen molar-refractivity contribution in [2.24, 2.45) is 23.9 Å². The van der Waals surface area contributed by atoms with E-state index in [-0.39, 0.29) is 53.5 Å². The molecule has 10 N–H and O–H groups in total. The van der Waals surface area contributed by atoms with Crippen molar-refractivity contribution < 1.29 is 43.7 Å². The van der Waals surface area contributed by atoms with Crippen LogP contribution in [0.15, 0.2) is 22.6 Å². The summed E-state index contributed by atoms with van der Waals surface area (Å²) in [6.45, 7) is 2.99. The van der Waals surface area contributed by atoms with E-state index in [0.717, 1.165) is 16.4 Å². The summed E-state index contributed by atoms with van der Waals surface area (Å²) in [5.41, 5.74) is 15.4. The highest BCUT2D eigenvalue weighted by Crippen LogP contribution is 2.45. The van der Waals surface area contributed by atoms with Crippen molar-refractivity contribution in [1.29, 1.82) is 0 Å². The third kappa shape index (κ3) is 6.83. The lowest BCUT2D eigenvalue weighted by atomic mass is 9.89. The number of aromatic nitrogens is 4. The number of β-lactam (4-membered cyclic amide) rings is 1. The predicted octanol–water partition coefficient (Wildman–Crippen LogP) is -1.48. The lowest BCUT2D eigenvalue weighted by molar-refractivity contribution is -0.765. The molecule has 2 atom stereocenters. The topological polar surface area (TPSA) is 287 Å². The van der Waals surface area contributed by atoms with Gasteiger partial charge in [0.05, 0.1) is 18.3 Å². The number of oxime groups is 1. The number of carbonyl (C=O) groups is 5. The van der Waals surface area contributed by atoms with Gasteiger partial charge in [0.25, 0.3) is 0 Å². The van der Waals surface area contributed by atoms with Crippen LogP contribution in [0.25, 0.3) is 0 Å². The molecule has 4 heterocycles. The number of ketones is 1. The molecular weight excluding hydrogens is 634 g/mol. The average molecular weight is 667 g/mol. The molecule has 2 aliphatic heterocycles. The summed E-state index contributed by atoms with van der Waals surface area (Å²) < 4.78 is 7.07. The molecule has 2 aliphatic rings. The van der Waals surface area contributed by atoms with Crippen LogP contribution in [0.1, 0.15) is 26.1 Å². The lowest BCUT2D eigenvalue weighted by Crippen LogP contribution is -2.62. The van der Waals surface area contributed by atoms with Crippen molar-refractivity contribution in [2.75, 3.05) is 35.6 Å². The van der Waals surface area contributed by atoms with Gasteiger partial charge in [-0.15, -0.1) is 21.1 Å². The van der Waals surface area contributed by atoms with Crippen molar-refractivity contribution in [2.45, 2.75) is 37.8 Å². The number of carbonyl (C=O) groups excluding carboxylic acids is 3. The molecule has 3 amide bonds. The molecule has 4 rings (SSSR count). The maximum absolute atomic E-state index is 13.3. The van der Waals surface area contributed by atoms with Crippen molar-refractivity contribution in [3.63, 3.8) is 0 Å². The largest absolute Gasteiger partial charge is 0.478 e. The Morgan fingerprint density at radius 1 is 1.27 bits per heavy atom. The highest BCUT2D eigenvalue weighted by molar-refractivity contribution is 8.00. The SMILES string of the molecule is Cn1c(N)c(NC(=O)NCCN)c[n+]1CC1=C(C(=O)O)N2C(=O)[C@@H](CC(=O)C(=NOC(C)(C)C(=O)O)c3nsc(N)n3)C2SC1. The smallest absolute Gasteiger partial charge is 0.352 e. The van der Waals surface area contributed by atoms with E-state index in [9.17, 15) is 34.2 Å². The minimum absolute atomic E-state index is 0.0242. The number of hydrogen-bond acceptors (Lipinski definition) is 14. The van der Waals surface area contributed by atoms with E-state index in [2.05, 4.69) is 25.1 Å². The number of hydrogen-bond donors (Lipinski definition) is 7. The number of nitrogens with one attached hydrogen (secondary N) is 2. The second-order valence-electron chi connectivity index (χ2n) is 10.4. The van der Waals surface area contributed by atoms with Gasteiger partial charge in [-0.25, -0.2) is 14.4 Å². The van der Waals surface area contributed by atoms with Gasteiger partial charge in [0.2, 0.25) is 23.5 Å². The summed E-state index contributed by atoms with van der Waals surface area (Å²) in [6, 6.07) is -0.516. The quantitative estimate of drug-likeness (QED) is 0.0556. The Kier molecular flexibility index (Phi) is 9.63. The van der Waals surface area contributed by atoms with Crippen LogP contribution in [0.2, 0.25) is 0 Å². The molecular formula is C24H32N11O8S2+. The van der Waals surface area contributed by atoms with E-state index < -0.39 is 58.7 Å². The zero-order chi connectivity index (χ0) is 33.2. The first kappa shape index (κ1) is 33.1. The Bertz CT molecular complexity index is 1620. The molecule has 2 aromatic rings. The van der Waals surface area contributed by atoms with Crippen LogP contribution in [-0.2, 0) is 37.6 Å². The summed E-state index contributed by atoms with van der Waals surface area (Å²) in [6.07, 6.45) is 1.14. The number of fused-ring (bicyclic) bond motifs is 1. The van der Waals surface area contributed by atoms with Crippen LogP contribution in [0.5, 0.6) is 0 Å². The number of nitrogens with two attached hydrogens (primary N) is 3. The fourth-order valence-corrected chi connectivity index (χ4v) is 6.23. The average Bonchev–Trinajstić information content (AvgIpc) is 3.52. The summed E-state index contributed by atoms with van der Waals surface area (Å²) in [5.74, 6) is -4.67. The van der Waals surface area contributed by atoms with Gasteiger partial charge in [-0.1, -0.05) is 5.16 Å². The van der Waals surface area contributed by atoms with Gasteiger partial charge >= 0.3 is 18.0 Å². The van der Waals surface area contributed by atoms with Crippen LogP contribution in [0, 0.1) is 5.92 Å². The molecule has 0 aromatic carbocycles. The maximum atomic E-state index is 13.3. The third-order valence-electron chi connectivity index (χ3n) is 6.88. The standard InChI is InChI=1S/C24H31N11O8S2/c1-24(2,21(40)41)43-31-14(17-30-22(27)45-32-17)13(36)6-11-18(37)35-15(20(38)39)10(9-44-19(11)35)7-34-8-12(16(26)33(34)3)29-23(42)28-5-4-25/h8,11,19,26H,4-7,9,25H2,1-3H3,(H6,27,28,29,30,32,38,39,40,41,42)/p+1/t11-,19?/m1/s1. The molecule has 0 spiro atoms. The van der Waals surface area contributed by atoms with Gasteiger partial charge in [0.15, 0.2) is 34.7 Å². The number of carboxylic acids is 2. The predicted molar refractivity (Wildman–Crippen MR) is 161 cm³/mol. The van der Waals surface area contributed by atoms with Crippen molar-refractivity contribution in [3.05, 3.63) is 23.3 Å². The van der Waals surface area contributed by atoms with Crippen LogP contribution < -0.4 is 32.5 Å². The molecule has 45 heavy (non-hydrogen) atoms. The highest BCUT2D eigenvalue weighted by atomic mass is 32.2. The van der Waals surface area contributed by atoms with Gasteiger partial charge < -0.3 is 37.6 Å². The van der Waals surface area contributed by atoms with Crippen molar-refractivity contribution >= 4 is 75.3 Å². The van der Waals surface area contributed by atoms with E-state index in [1.54, 1.807) is 11.7 Å². The monoisotopic (exact) mass is 666 g/mol. The van der Waals surface area contributed by atoms with E-state index >= 15 is 0 Å². The number of anilines is 3. The summed E-state index contributed by atoms with van der Waals surface area (Å²) in [7, 11) is 1.62. The summed E-state index contributed by atoms with van der Waals surface area (Å²) >= 11 is 2.06. The summed E-state index contributed by atoms with van der Waals surface area (Å²) in [4.78, 5) is 72.8. The van der Waals surface area contributed by atoms with Gasteiger partial charge in [0.1, 0.15) is 5.70 Å². The number of amides is 3. The van der Waals surface area contributed by atoms with E-state index in [1.165, 1.54) is 36.5 Å². The van der Waals surface area contributed by atoms with Crippen LogP contribution >= 0.6 is 23.3 Å². The first-order valence-electron chi connectivity index (χ1n) is 13.3. The molecule has 2 aromatic heterocycles. The minimum atomic E-state index is -1.79. The number of carboxylic acid groups (broad SMARTS) is 2. The van der Waals surface area contributed by atoms with Crippen LogP contribution in [0.4, 0.5) is 21.4 Å². The van der Waals surface area contributed by atoms with E-state index in [0.29, 0.717) is 5.57 Å². The number of rotatable bonds is 13. The molecule has 0 saturated carbocycles. The molecule has 21 heteroatoms. The molecule has 242 valence electrons. The van der Waals surface area contributed by atoms with Crippen LogP contribution in [-0.4, -0.2) is 94.3 Å². The maximum Gasteiger partial charge on any atom is 0.352 e. The van der Waals surface area contributed by atoms with Gasteiger partial charge in [0, 0.05) is 42.4 Å². The Hall–Kier alpha value is -4.76. The molecule has 1 saturated heterocycles. The van der Waals surface area contributed by atoms with E-state index in [4.69, 9.17) is 22.0 Å². The van der Waals surface area contributed by atoms with Crippen LogP contribution in [0.3, 0.4) is 0 Å². The van der Waals surface area contributed by atoms with Gasteiger partial charge in [-0.05, 0) is 13.8 Å². The third-order valence-corrected chi connectivity index (χ3v) is 8.82. The highest BCUT2D eigenvalue weighted by Gasteiger charge is 2.54. The van der Waals surface area contributed by atoms with E-state index in [1.807, 2.05) is 0 Å². The molecule has 0 bridgehead atoms. The number of aliphatic carboxylic acids is 2. The zero-order valence-corrected chi connectivity index (χ0v) is 26.0. The molecule has 0 aliphatic carbocycles. The van der Waals surface area contributed by atoms with Crippen molar-refractivity contribution in [3.8, 4) is 0 Å². The Labute approximate surface area is 263 Å². The molecule has 1 fully saturated rings. The number of urea groups is 1.